The summed E-state index contributed by atoms with van der Waals surface area (Å²) in [4.78, 5) is 41.2. The van der Waals surface area contributed by atoms with Gasteiger partial charge in [0.25, 0.3) is 11.1 Å². The number of nitrogens with zero attached hydrogens (tertiary/aromatic N) is 5. The van der Waals surface area contributed by atoms with Gasteiger partial charge in [0.05, 0.1) is 6.26 Å². The van der Waals surface area contributed by atoms with Crippen molar-refractivity contribution in [3.63, 3.8) is 0 Å². The smallest absolute Gasteiger partial charge is 0.332 e. The van der Waals surface area contributed by atoms with Crippen LogP contribution in [0.25, 0.3) is 28.4 Å². The van der Waals surface area contributed by atoms with Gasteiger partial charge < -0.3 is 4.42 Å². The Bertz CT molecular complexity index is 1240. The first-order valence-electron chi connectivity index (χ1n) is 6.61. The Morgan fingerprint density at radius 2 is 1.91 bits per heavy atom. The molecule has 10 heteroatoms. The predicted octanol–water partition coefficient (Wildman–Crippen LogP) is -0.772. The molecule has 0 atom stereocenters. The summed E-state index contributed by atoms with van der Waals surface area (Å²) in [5.41, 5.74) is -1.59. The highest BCUT2D eigenvalue weighted by atomic mass is 16.3. The van der Waals surface area contributed by atoms with Gasteiger partial charge >= 0.3 is 5.69 Å². The predicted molar refractivity (Wildman–Crippen MR) is 79.3 cm³/mol. The first kappa shape index (κ1) is 13.2. The molecular formula is C13H10N6O4. The summed E-state index contributed by atoms with van der Waals surface area (Å²) in [6, 6.07) is 3.20. The van der Waals surface area contributed by atoms with Crippen LogP contribution in [0.1, 0.15) is 0 Å². The Kier molecular flexibility index (Phi) is 2.47. The fourth-order valence-electron chi connectivity index (χ4n) is 2.50. The van der Waals surface area contributed by atoms with Crippen LogP contribution in [-0.4, -0.2) is 28.7 Å². The highest BCUT2D eigenvalue weighted by Crippen LogP contribution is 2.14. The molecule has 1 N–H and O–H groups in total. The number of hydrogen-bond acceptors (Lipinski definition) is 6. The van der Waals surface area contributed by atoms with Crippen molar-refractivity contribution in [1.29, 1.82) is 0 Å². The Morgan fingerprint density at radius 1 is 1.13 bits per heavy atom. The van der Waals surface area contributed by atoms with Crippen molar-refractivity contribution in [1.82, 2.24) is 28.7 Å². The largest absolute Gasteiger partial charge is 0.462 e. The number of furan rings is 1. The van der Waals surface area contributed by atoms with E-state index < -0.39 is 16.8 Å². The van der Waals surface area contributed by atoms with Gasteiger partial charge in [0.15, 0.2) is 22.6 Å². The monoisotopic (exact) mass is 314 g/mol. The molecule has 0 aliphatic heterocycles. The van der Waals surface area contributed by atoms with Crippen molar-refractivity contribution in [3.05, 3.63) is 49.6 Å². The second-order valence-electron chi connectivity index (χ2n) is 5.00. The molecule has 4 rings (SSSR count). The fraction of sp³-hybridized carbons (Fsp3) is 0.154. The van der Waals surface area contributed by atoms with Crippen LogP contribution in [0.4, 0.5) is 0 Å². The number of imidazole rings is 1. The molecule has 0 aliphatic carbocycles. The zero-order chi connectivity index (χ0) is 16.3. The quantitative estimate of drug-likeness (QED) is 0.492. The lowest BCUT2D eigenvalue weighted by Gasteiger charge is -2.02. The molecular weight excluding hydrogens is 304 g/mol. The lowest BCUT2D eigenvalue weighted by atomic mass is 10.3. The number of nitrogens with one attached hydrogen (secondary N) is 1. The van der Waals surface area contributed by atoms with Crippen LogP contribution in [0.3, 0.4) is 0 Å². The van der Waals surface area contributed by atoms with E-state index in [-0.39, 0.29) is 28.4 Å². The van der Waals surface area contributed by atoms with Gasteiger partial charge in [-0.3, -0.25) is 18.7 Å². The maximum Gasteiger partial charge on any atom is 0.332 e. The summed E-state index contributed by atoms with van der Waals surface area (Å²) in [7, 11) is 2.81. The van der Waals surface area contributed by atoms with Gasteiger partial charge in [-0.2, -0.15) is 10.1 Å². The second kappa shape index (κ2) is 4.29. The first-order chi connectivity index (χ1) is 11.0. The van der Waals surface area contributed by atoms with E-state index in [1.807, 2.05) is 0 Å². The number of aromatic amines is 1. The summed E-state index contributed by atoms with van der Waals surface area (Å²) in [6.45, 7) is 0. The van der Waals surface area contributed by atoms with Crippen molar-refractivity contribution in [2.75, 3.05) is 0 Å². The molecule has 116 valence electrons. The van der Waals surface area contributed by atoms with E-state index in [0.29, 0.717) is 0 Å². The molecule has 4 aromatic heterocycles. The van der Waals surface area contributed by atoms with Gasteiger partial charge in [-0.1, -0.05) is 0 Å². The first-order valence-corrected chi connectivity index (χ1v) is 6.61. The molecule has 4 heterocycles. The number of fused-ring (bicyclic) bond motifs is 3. The summed E-state index contributed by atoms with van der Waals surface area (Å²) in [5, 5.41) is 6.55. The fourth-order valence-corrected chi connectivity index (χ4v) is 2.50. The average molecular weight is 314 g/mol. The molecule has 0 fully saturated rings. The van der Waals surface area contributed by atoms with Crippen LogP contribution < -0.4 is 16.8 Å². The molecule has 0 aromatic carbocycles. The maximum absolute atomic E-state index is 12.7. The highest BCUT2D eigenvalue weighted by Gasteiger charge is 2.20. The molecule has 0 saturated carbocycles. The zero-order valence-corrected chi connectivity index (χ0v) is 12.1. The van der Waals surface area contributed by atoms with E-state index in [9.17, 15) is 14.4 Å². The molecule has 0 amide bonds. The number of aromatic nitrogens is 6. The lowest BCUT2D eigenvalue weighted by Crippen LogP contribution is -2.38. The van der Waals surface area contributed by atoms with Crippen molar-refractivity contribution < 1.29 is 4.42 Å². The summed E-state index contributed by atoms with van der Waals surface area (Å²) >= 11 is 0. The highest BCUT2D eigenvalue weighted by molar-refractivity contribution is 5.75. The molecule has 23 heavy (non-hydrogen) atoms. The SMILES string of the molecule is Cn1c(=O)c2c(nc3[nH]nc(-c4ccco4)c(=O)n32)n(C)c1=O. The van der Waals surface area contributed by atoms with Gasteiger partial charge in [0.2, 0.25) is 5.78 Å². The van der Waals surface area contributed by atoms with E-state index in [0.717, 1.165) is 8.97 Å². The van der Waals surface area contributed by atoms with Gasteiger partial charge in [-0.25, -0.2) is 14.3 Å². The molecule has 4 aromatic rings. The lowest BCUT2D eigenvalue weighted by molar-refractivity contribution is 0.577. The molecule has 0 spiro atoms. The van der Waals surface area contributed by atoms with Crippen molar-refractivity contribution in [3.8, 4) is 11.5 Å². The van der Waals surface area contributed by atoms with E-state index in [2.05, 4.69) is 15.2 Å². The third-order valence-corrected chi connectivity index (χ3v) is 3.69. The maximum atomic E-state index is 12.7. The van der Waals surface area contributed by atoms with Crippen molar-refractivity contribution in [2.24, 2.45) is 14.1 Å². The Balaban J connectivity index is 2.29. The summed E-state index contributed by atoms with van der Waals surface area (Å²) in [5.74, 6) is 0.329. The van der Waals surface area contributed by atoms with Crippen LogP contribution in [0.5, 0.6) is 0 Å². The minimum Gasteiger partial charge on any atom is -0.462 e. The summed E-state index contributed by atoms with van der Waals surface area (Å²) in [6.07, 6.45) is 1.41. The Morgan fingerprint density at radius 3 is 2.61 bits per heavy atom. The summed E-state index contributed by atoms with van der Waals surface area (Å²) < 4.78 is 8.40. The number of aryl methyl sites for hydroxylation is 1. The molecule has 0 aliphatic rings. The van der Waals surface area contributed by atoms with E-state index >= 15 is 0 Å². The van der Waals surface area contributed by atoms with Crippen molar-refractivity contribution in [2.45, 2.75) is 0 Å². The van der Waals surface area contributed by atoms with Gasteiger partial charge in [-0.05, 0) is 12.1 Å². The van der Waals surface area contributed by atoms with Crippen LogP contribution >= 0.6 is 0 Å². The second-order valence-corrected chi connectivity index (χ2v) is 5.00. The van der Waals surface area contributed by atoms with E-state index in [4.69, 9.17) is 4.42 Å². The molecule has 0 radical (unpaired) electrons. The Labute approximate surface area is 126 Å². The number of H-pyrrole nitrogens is 1. The Hall–Kier alpha value is -3.43. The minimum atomic E-state index is -0.613. The van der Waals surface area contributed by atoms with Gasteiger partial charge in [0, 0.05) is 14.1 Å². The standard InChI is InChI=1S/C13H10N6O4/c1-17-9-8(11(21)18(2)13(17)22)19-10(20)7(6-4-3-5-23-6)15-16-12(19)14-9/h3-5H,1-2H3,(H,14,16). The van der Waals surface area contributed by atoms with Crippen LogP contribution in [0, 0.1) is 0 Å². The topological polar surface area (TPSA) is 120 Å². The van der Waals surface area contributed by atoms with Gasteiger partial charge in [0.1, 0.15) is 0 Å². The van der Waals surface area contributed by atoms with Crippen LogP contribution in [0.15, 0.2) is 37.2 Å². The minimum absolute atomic E-state index is 0.000978. The van der Waals surface area contributed by atoms with Crippen LogP contribution in [0.2, 0.25) is 0 Å². The van der Waals surface area contributed by atoms with Gasteiger partial charge in [-0.15, -0.1) is 0 Å². The molecule has 0 saturated heterocycles. The molecule has 0 bridgehead atoms. The average Bonchev–Trinajstić information content (AvgIpc) is 3.19. The number of hydrogen-bond donors (Lipinski definition) is 1. The molecule has 10 nitrogen and oxygen atoms in total. The van der Waals surface area contributed by atoms with E-state index in [1.165, 1.54) is 24.9 Å². The van der Waals surface area contributed by atoms with Crippen molar-refractivity contribution >= 4 is 16.9 Å². The number of rotatable bonds is 1. The normalized spacial score (nSPS) is 11.6. The van der Waals surface area contributed by atoms with Crippen LogP contribution in [-0.2, 0) is 14.1 Å². The van der Waals surface area contributed by atoms with E-state index in [1.54, 1.807) is 12.1 Å². The third kappa shape index (κ3) is 1.59. The third-order valence-electron chi connectivity index (χ3n) is 3.69. The zero-order valence-electron chi connectivity index (χ0n) is 12.1. The molecule has 0 unspecified atom stereocenters.